The largest absolute Gasteiger partial charge is 0.330 e. The van der Waals surface area contributed by atoms with Gasteiger partial charge in [0.05, 0.1) is 12.4 Å². The lowest BCUT2D eigenvalue weighted by molar-refractivity contribution is 0.356. The van der Waals surface area contributed by atoms with Crippen LogP contribution in [0.15, 0.2) is 12.7 Å². The second-order valence-corrected chi connectivity index (χ2v) is 4.09. The summed E-state index contributed by atoms with van der Waals surface area (Å²) in [5, 5.41) is 0. The van der Waals surface area contributed by atoms with Crippen molar-refractivity contribution in [3.8, 4) is 0 Å². The summed E-state index contributed by atoms with van der Waals surface area (Å²) in [6, 6.07) is 0. The standard InChI is InChI=1S/C7H15NO3S/c1-2-6-11-12(9,10)7-4-3-5-8/h2H,1,3-8H2. The highest BCUT2D eigenvalue weighted by atomic mass is 32.2. The Balaban J connectivity index is 3.64. The molecule has 0 aromatic carbocycles. The predicted molar refractivity (Wildman–Crippen MR) is 48.2 cm³/mol. The summed E-state index contributed by atoms with van der Waals surface area (Å²) in [5.74, 6) is 0.0397. The van der Waals surface area contributed by atoms with Crippen LogP contribution in [-0.2, 0) is 14.3 Å². The van der Waals surface area contributed by atoms with E-state index < -0.39 is 10.1 Å². The van der Waals surface area contributed by atoms with E-state index in [1.165, 1.54) is 6.08 Å². The van der Waals surface area contributed by atoms with E-state index in [-0.39, 0.29) is 12.4 Å². The van der Waals surface area contributed by atoms with Crippen molar-refractivity contribution in [1.29, 1.82) is 0 Å². The van der Waals surface area contributed by atoms with Crippen LogP contribution in [0.2, 0.25) is 0 Å². The molecule has 0 unspecified atom stereocenters. The molecule has 12 heavy (non-hydrogen) atoms. The summed E-state index contributed by atoms with van der Waals surface area (Å²) >= 11 is 0. The number of nitrogens with two attached hydrogens (primary N) is 1. The quantitative estimate of drug-likeness (QED) is 0.357. The van der Waals surface area contributed by atoms with Gasteiger partial charge in [-0.1, -0.05) is 6.08 Å². The zero-order valence-corrected chi connectivity index (χ0v) is 7.85. The van der Waals surface area contributed by atoms with Gasteiger partial charge in [0.25, 0.3) is 10.1 Å². The Morgan fingerprint density at radius 1 is 1.42 bits per heavy atom. The zero-order chi connectivity index (χ0) is 9.45. The summed E-state index contributed by atoms with van der Waals surface area (Å²) in [4.78, 5) is 0. The van der Waals surface area contributed by atoms with Gasteiger partial charge in [0.1, 0.15) is 0 Å². The third-order valence-corrected chi connectivity index (χ3v) is 2.50. The van der Waals surface area contributed by atoms with E-state index in [4.69, 9.17) is 5.73 Å². The molecule has 0 aromatic heterocycles. The molecular formula is C7H15NO3S. The number of hydrogen-bond acceptors (Lipinski definition) is 4. The fourth-order valence-electron chi connectivity index (χ4n) is 0.634. The van der Waals surface area contributed by atoms with Crippen LogP contribution in [0.1, 0.15) is 12.8 Å². The summed E-state index contributed by atoms with van der Waals surface area (Å²) in [5.41, 5.74) is 5.21. The molecule has 0 spiro atoms. The Kier molecular flexibility index (Phi) is 5.96. The van der Waals surface area contributed by atoms with Crippen LogP contribution in [0.3, 0.4) is 0 Å². The third kappa shape index (κ3) is 6.33. The lowest BCUT2D eigenvalue weighted by atomic mass is 10.3. The van der Waals surface area contributed by atoms with Crippen molar-refractivity contribution in [3.05, 3.63) is 12.7 Å². The summed E-state index contributed by atoms with van der Waals surface area (Å²) in [7, 11) is -3.34. The van der Waals surface area contributed by atoms with Crippen LogP contribution in [0.4, 0.5) is 0 Å². The number of hydrogen-bond donors (Lipinski definition) is 1. The van der Waals surface area contributed by atoms with Gasteiger partial charge in [-0.2, -0.15) is 8.42 Å². The molecule has 0 fully saturated rings. The molecule has 0 saturated carbocycles. The minimum Gasteiger partial charge on any atom is -0.330 e. The highest BCUT2D eigenvalue weighted by Crippen LogP contribution is 1.98. The van der Waals surface area contributed by atoms with Gasteiger partial charge >= 0.3 is 0 Å². The second kappa shape index (κ2) is 6.16. The molecule has 72 valence electrons. The first kappa shape index (κ1) is 11.6. The maximum atomic E-state index is 11.0. The van der Waals surface area contributed by atoms with Crippen LogP contribution in [0, 0.1) is 0 Å². The van der Waals surface area contributed by atoms with Crippen LogP contribution >= 0.6 is 0 Å². The molecule has 2 N–H and O–H groups in total. The molecule has 0 amide bonds. The molecule has 0 aliphatic rings. The van der Waals surface area contributed by atoms with Crippen molar-refractivity contribution < 1.29 is 12.6 Å². The van der Waals surface area contributed by atoms with Gasteiger partial charge in [0.2, 0.25) is 0 Å². The van der Waals surface area contributed by atoms with Crippen molar-refractivity contribution in [3.63, 3.8) is 0 Å². The lowest BCUT2D eigenvalue weighted by Crippen LogP contribution is -2.12. The molecule has 0 saturated heterocycles. The monoisotopic (exact) mass is 193 g/mol. The first-order chi connectivity index (χ1) is 5.62. The molecule has 0 radical (unpaired) electrons. The van der Waals surface area contributed by atoms with E-state index in [9.17, 15) is 8.42 Å². The maximum Gasteiger partial charge on any atom is 0.267 e. The molecule has 0 aliphatic carbocycles. The fourth-order valence-corrected chi connectivity index (χ4v) is 1.61. The Bertz CT molecular complexity index is 211. The highest BCUT2D eigenvalue weighted by molar-refractivity contribution is 7.86. The molecule has 0 aliphatic heterocycles. The number of unbranched alkanes of at least 4 members (excludes halogenated alkanes) is 1. The number of rotatable bonds is 7. The summed E-state index contributed by atoms with van der Waals surface area (Å²) in [6.45, 7) is 3.91. The minimum absolute atomic E-state index is 0.0397. The second-order valence-electron chi connectivity index (χ2n) is 2.33. The molecule has 0 rings (SSSR count). The topological polar surface area (TPSA) is 69.4 Å². The van der Waals surface area contributed by atoms with Crippen molar-refractivity contribution >= 4 is 10.1 Å². The molecule has 0 aromatic rings. The average Bonchev–Trinajstić information content (AvgIpc) is 2.01. The average molecular weight is 193 g/mol. The molecule has 4 nitrogen and oxygen atoms in total. The first-order valence-electron chi connectivity index (χ1n) is 3.80. The normalized spacial score (nSPS) is 11.4. The van der Waals surface area contributed by atoms with E-state index in [0.29, 0.717) is 19.4 Å². The van der Waals surface area contributed by atoms with E-state index in [2.05, 4.69) is 10.8 Å². The van der Waals surface area contributed by atoms with Gasteiger partial charge in [-0.25, -0.2) is 0 Å². The van der Waals surface area contributed by atoms with Gasteiger partial charge in [-0.05, 0) is 19.4 Å². The molecule has 5 heteroatoms. The van der Waals surface area contributed by atoms with Gasteiger partial charge in [0.15, 0.2) is 0 Å². The SMILES string of the molecule is C=CCOS(=O)(=O)CCCCN. The van der Waals surface area contributed by atoms with E-state index in [1.54, 1.807) is 0 Å². The summed E-state index contributed by atoms with van der Waals surface area (Å²) in [6.07, 6.45) is 2.66. The van der Waals surface area contributed by atoms with Crippen molar-refractivity contribution in [1.82, 2.24) is 0 Å². The maximum absolute atomic E-state index is 11.0. The first-order valence-corrected chi connectivity index (χ1v) is 5.38. The third-order valence-electron chi connectivity index (χ3n) is 1.21. The van der Waals surface area contributed by atoms with E-state index in [1.807, 2.05) is 0 Å². The fraction of sp³-hybridized carbons (Fsp3) is 0.714. The molecular weight excluding hydrogens is 178 g/mol. The Labute approximate surface area is 73.5 Å². The zero-order valence-electron chi connectivity index (χ0n) is 7.03. The molecule has 0 bridgehead atoms. The smallest absolute Gasteiger partial charge is 0.267 e. The Hall–Kier alpha value is -0.390. The van der Waals surface area contributed by atoms with Crippen molar-refractivity contribution in [2.75, 3.05) is 18.9 Å². The van der Waals surface area contributed by atoms with E-state index in [0.717, 1.165) is 0 Å². The van der Waals surface area contributed by atoms with Gasteiger partial charge in [-0.15, -0.1) is 6.58 Å². The predicted octanol–water partition coefficient (Wildman–Crippen LogP) is 0.258. The molecule has 0 heterocycles. The van der Waals surface area contributed by atoms with Crippen LogP contribution in [-0.4, -0.2) is 27.3 Å². The Morgan fingerprint density at radius 3 is 2.58 bits per heavy atom. The van der Waals surface area contributed by atoms with Crippen LogP contribution in [0.5, 0.6) is 0 Å². The van der Waals surface area contributed by atoms with Crippen LogP contribution < -0.4 is 5.73 Å². The van der Waals surface area contributed by atoms with Crippen LogP contribution in [0.25, 0.3) is 0 Å². The van der Waals surface area contributed by atoms with Gasteiger partial charge in [-0.3, -0.25) is 4.18 Å². The van der Waals surface area contributed by atoms with Crippen molar-refractivity contribution in [2.45, 2.75) is 12.8 Å². The van der Waals surface area contributed by atoms with E-state index >= 15 is 0 Å². The Morgan fingerprint density at radius 2 is 2.08 bits per heavy atom. The highest BCUT2D eigenvalue weighted by Gasteiger charge is 2.08. The van der Waals surface area contributed by atoms with Crippen molar-refractivity contribution in [2.24, 2.45) is 5.73 Å². The van der Waals surface area contributed by atoms with Gasteiger partial charge in [0, 0.05) is 0 Å². The van der Waals surface area contributed by atoms with Gasteiger partial charge < -0.3 is 5.73 Å². The minimum atomic E-state index is -3.34. The summed E-state index contributed by atoms with van der Waals surface area (Å²) < 4.78 is 26.4. The lowest BCUT2D eigenvalue weighted by Gasteiger charge is -2.01. The molecule has 0 atom stereocenters.